The van der Waals surface area contributed by atoms with Crippen LogP contribution in [-0.2, 0) is 14.3 Å². The van der Waals surface area contributed by atoms with Crippen molar-refractivity contribution in [3.63, 3.8) is 0 Å². The number of anilines is 1. The zero-order valence-electron chi connectivity index (χ0n) is 16.8. The summed E-state index contributed by atoms with van der Waals surface area (Å²) in [5, 5.41) is 0. The van der Waals surface area contributed by atoms with Crippen LogP contribution in [0.4, 0.5) is 5.69 Å². The summed E-state index contributed by atoms with van der Waals surface area (Å²) in [6.45, 7) is -0.0821. The van der Waals surface area contributed by atoms with Gasteiger partial charge in [-0.25, -0.2) is 4.79 Å². The smallest absolute Gasteiger partial charge is 0.331 e. The van der Waals surface area contributed by atoms with Gasteiger partial charge < -0.3 is 19.1 Å². The van der Waals surface area contributed by atoms with Crippen molar-refractivity contribution >= 4 is 23.6 Å². The monoisotopic (exact) mass is 407 g/mol. The molecule has 0 unspecified atom stereocenters. The summed E-state index contributed by atoms with van der Waals surface area (Å²) in [7, 11) is 0. The highest BCUT2D eigenvalue weighted by atomic mass is 16.7. The van der Waals surface area contributed by atoms with Crippen LogP contribution in [-0.4, -0.2) is 31.3 Å². The molecule has 1 aliphatic carbocycles. The lowest BCUT2D eigenvalue weighted by Gasteiger charge is -2.34. The van der Waals surface area contributed by atoms with Crippen molar-refractivity contribution in [2.24, 2.45) is 0 Å². The zero-order chi connectivity index (χ0) is 20.8. The number of amides is 1. The molecule has 0 atom stereocenters. The summed E-state index contributed by atoms with van der Waals surface area (Å²) in [6.07, 6.45) is 8.31. The van der Waals surface area contributed by atoms with Gasteiger partial charge in [0, 0.05) is 17.8 Å². The average Bonchev–Trinajstić information content (AvgIpc) is 3.26. The van der Waals surface area contributed by atoms with Gasteiger partial charge >= 0.3 is 5.97 Å². The van der Waals surface area contributed by atoms with Gasteiger partial charge in [-0.05, 0) is 48.7 Å². The fraction of sp³-hybridized carbons (Fsp3) is 0.333. The third-order valence-corrected chi connectivity index (χ3v) is 5.39. The van der Waals surface area contributed by atoms with Crippen LogP contribution in [0.5, 0.6) is 11.5 Å². The predicted octanol–water partition coefficient (Wildman–Crippen LogP) is 4.34. The van der Waals surface area contributed by atoms with Crippen LogP contribution >= 0.6 is 0 Å². The maximum Gasteiger partial charge on any atom is 0.331 e. The number of hydrogen-bond donors (Lipinski definition) is 0. The van der Waals surface area contributed by atoms with Gasteiger partial charge in [-0.1, -0.05) is 43.5 Å². The molecule has 1 aliphatic heterocycles. The Hall–Kier alpha value is -3.28. The first-order chi connectivity index (χ1) is 14.7. The Kier molecular flexibility index (Phi) is 6.32. The number of ether oxygens (including phenoxy) is 3. The molecule has 0 spiro atoms. The molecule has 156 valence electrons. The fourth-order valence-corrected chi connectivity index (χ4v) is 3.92. The molecule has 1 fully saturated rings. The van der Waals surface area contributed by atoms with E-state index in [9.17, 15) is 9.59 Å². The summed E-state index contributed by atoms with van der Waals surface area (Å²) in [6, 6.07) is 15.2. The highest BCUT2D eigenvalue weighted by Crippen LogP contribution is 2.32. The summed E-state index contributed by atoms with van der Waals surface area (Å²) in [4.78, 5) is 26.9. The lowest BCUT2D eigenvalue weighted by Crippen LogP contribution is -2.43. The van der Waals surface area contributed by atoms with E-state index in [1.807, 2.05) is 36.4 Å². The molecule has 6 nitrogen and oxygen atoms in total. The van der Waals surface area contributed by atoms with Gasteiger partial charge in [0.2, 0.25) is 6.79 Å². The van der Waals surface area contributed by atoms with Gasteiger partial charge in [-0.15, -0.1) is 0 Å². The number of carbonyl (C=O) groups excluding carboxylic acids is 2. The van der Waals surface area contributed by atoms with Crippen LogP contribution in [0.1, 0.15) is 37.7 Å². The quantitative estimate of drug-likeness (QED) is 0.527. The zero-order valence-corrected chi connectivity index (χ0v) is 16.8. The summed E-state index contributed by atoms with van der Waals surface area (Å²) in [5.74, 6) is 0.575. The highest BCUT2D eigenvalue weighted by molar-refractivity contribution is 5.97. The van der Waals surface area contributed by atoms with E-state index >= 15 is 0 Å². The molecule has 2 aliphatic rings. The van der Waals surface area contributed by atoms with E-state index in [0.29, 0.717) is 11.5 Å². The lowest BCUT2D eigenvalue weighted by molar-refractivity contribution is -0.143. The van der Waals surface area contributed by atoms with Crippen molar-refractivity contribution in [2.75, 3.05) is 18.3 Å². The van der Waals surface area contributed by atoms with E-state index in [2.05, 4.69) is 0 Å². The summed E-state index contributed by atoms with van der Waals surface area (Å²) in [5.41, 5.74) is 1.64. The van der Waals surface area contributed by atoms with E-state index in [-0.39, 0.29) is 25.3 Å². The van der Waals surface area contributed by atoms with Gasteiger partial charge in [0.05, 0.1) is 0 Å². The maximum absolute atomic E-state index is 12.9. The van der Waals surface area contributed by atoms with Crippen molar-refractivity contribution in [2.45, 2.75) is 38.1 Å². The van der Waals surface area contributed by atoms with E-state index in [1.54, 1.807) is 23.1 Å². The Labute approximate surface area is 176 Å². The number of para-hydroxylation sites is 1. The second-order valence-corrected chi connectivity index (χ2v) is 7.44. The summed E-state index contributed by atoms with van der Waals surface area (Å²) < 4.78 is 15.8. The van der Waals surface area contributed by atoms with Crippen molar-refractivity contribution in [1.29, 1.82) is 0 Å². The SMILES string of the molecule is O=C(/C=C/c1ccc2c(c1)OCO2)OCC(=O)N(c1ccccc1)C1CCCCC1. The van der Waals surface area contributed by atoms with Gasteiger partial charge in [-0.2, -0.15) is 0 Å². The van der Waals surface area contributed by atoms with Crippen LogP contribution in [0.3, 0.4) is 0 Å². The minimum Gasteiger partial charge on any atom is -0.454 e. The van der Waals surface area contributed by atoms with Crippen molar-refractivity contribution in [3.05, 3.63) is 60.2 Å². The van der Waals surface area contributed by atoms with E-state index in [0.717, 1.165) is 36.9 Å². The van der Waals surface area contributed by atoms with E-state index < -0.39 is 5.97 Å². The summed E-state index contributed by atoms with van der Waals surface area (Å²) >= 11 is 0. The molecule has 6 heteroatoms. The van der Waals surface area contributed by atoms with Crippen LogP contribution in [0.2, 0.25) is 0 Å². The molecule has 2 aromatic rings. The number of esters is 1. The van der Waals surface area contributed by atoms with E-state index in [1.165, 1.54) is 12.5 Å². The van der Waals surface area contributed by atoms with Gasteiger partial charge in [0.25, 0.3) is 5.91 Å². The molecule has 0 bridgehead atoms. The topological polar surface area (TPSA) is 65.1 Å². The first kappa shape index (κ1) is 20.0. The molecule has 1 amide bonds. The molecule has 30 heavy (non-hydrogen) atoms. The van der Waals surface area contributed by atoms with Crippen LogP contribution < -0.4 is 14.4 Å². The van der Waals surface area contributed by atoms with Crippen LogP contribution in [0.25, 0.3) is 6.08 Å². The predicted molar refractivity (Wildman–Crippen MR) is 113 cm³/mol. The minimum atomic E-state index is -0.558. The maximum atomic E-state index is 12.9. The third kappa shape index (κ3) is 4.82. The van der Waals surface area contributed by atoms with Crippen LogP contribution in [0, 0.1) is 0 Å². The third-order valence-electron chi connectivity index (χ3n) is 5.39. The Bertz CT molecular complexity index is 918. The molecule has 1 saturated carbocycles. The van der Waals surface area contributed by atoms with Crippen molar-refractivity contribution in [3.8, 4) is 11.5 Å². The van der Waals surface area contributed by atoms with Gasteiger partial charge in [0.1, 0.15) is 0 Å². The molecule has 4 rings (SSSR count). The number of benzene rings is 2. The number of rotatable bonds is 6. The average molecular weight is 407 g/mol. The number of carbonyl (C=O) groups is 2. The first-order valence-electron chi connectivity index (χ1n) is 10.3. The Morgan fingerprint density at radius 2 is 1.77 bits per heavy atom. The molecular weight excluding hydrogens is 382 g/mol. The standard InChI is InChI=1S/C24H25NO5/c26-23(25(19-7-3-1-4-8-19)20-9-5-2-6-10-20)16-28-24(27)14-12-18-11-13-21-22(15-18)30-17-29-21/h1,3-4,7-8,11-15,20H,2,5-6,9-10,16-17H2/b14-12+. The lowest BCUT2D eigenvalue weighted by atomic mass is 9.93. The molecule has 0 radical (unpaired) electrons. The minimum absolute atomic E-state index is 0.150. The molecule has 0 N–H and O–H groups in total. The Balaban J connectivity index is 1.37. The normalized spacial score (nSPS) is 15.9. The number of nitrogens with zero attached hydrogens (tertiary/aromatic N) is 1. The van der Waals surface area contributed by atoms with Crippen molar-refractivity contribution < 1.29 is 23.8 Å². The molecular formula is C24H25NO5. The fourth-order valence-electron chi connectivity index (χ4n) is 3.92. The number of hydrogen-bond acceptors (Lipinski definition) is 5. The highest BCUT2D eigenvalue weighted by Gasteiger charge is 2.27. The molecule has 2 aromatic carbocycles. The van der Waals surface area contributed by atoms with Crippen LogP contribution in [0.15, 0.2) is 54.6 Å². The van der Waals surface area contributed by atoms with Gasteiger partial charge in [0.15, 0.2) is 18.1 Å². The van der Waals surface area contributed by atoms with E-state index in [4.69, 9.17) is 14.2 Å². The second-order valence-electron chi connectivity index (χ2n) is 7.44. The molecule has 0 saturated heterocycles. The Morgan fingerprint density at radius 3 is 2.57 bits per heavy atom. The number of fused-ring (bicyclic) bond motifs is 1. The second kappa shape index (κ2) is 9.48. The molecule has 0 aromatic heterocycles. The molecule has 1 heterocycles. The largest absolute Gasteiger partial charge is 0.454 e. The Morgan fingerprint density at radius 1 is 1.00 bits per heavy atom. The van der Waals surface area contributed by atoms with Crippen molar-refractivity contribution in [1.82, 2.24) is 0 Å². The van der Waals surface area contributed by atoms with Gasteiger partial charge in [-0.3, -0.25) is 4.79 Å². The first-order valence-corrected chi connectivity index (χ1v) is 10.3.